The van der Waals surface area contributed by atoms with Gasteiger partial charge < -0.3 is 10.6 Å². The van der Waals surface area contributed by atoms with E-state index < -0.39 is 29.3 Å². The Morgan fingerprint density at radius 2 is 2.10 bits per heavy atom. The Labute approximate surface area is 117 Å². The predicted octanol–water partition coefficient (Wildman–Crippen LogP) is 1.72. The van der Waals surface area contributed by atoms with Gasteiger partial charge in [0.1, 0.15) is 5.69 Å². The summed E-state index contributed by atoms with van der Waals surface area (Å²) in [4.78, 5) is 15.1. The van der Waals surface area contributed by atoms with Crippen LogP contribution in [0.15, 0.2) is 12.1 Å². The second kappa shape index (κ2) is 4.94. The van der Waals surface area contributed by atoms with E-state index in [1.807, 2.05) is 0 Å². The van der Waals surface area contributed by atoms with Crippen LogP contribution in [0.25, 0.3) is 0 Å². The van der Waals surface area contributed by atoms with Gasteiger partial charge in [-0.2, -0.15) is 13.2 Å². The van der Waals surface area contributed by atoms with Crippen molar-refractivity contribution in [2.75, 3.05) is 6.54 Å². The number of nitrogens with one attached hydrogen (secondary N) is 2. The number of halogens is 4. The Hall–Kier alpha value is -1.70. The quantitative estimate of drug-likeness (QED) is 0.818. The number of hydrogen-bond acceptors (Lipinski definition) is 3. The van der Waals surface area contributed by atoms with Crippen LogP contribution in [-0.2, 0) is 6.18 Å². The highest BCUT2D eigenvalue weighted by Crippen LogP contribution is 2.32. The fourth-order valence-corrected chi connectivity index (χ4v) is 3.02. The maximum Gasteiger partial charge on any atom is 0.436 e. The summed E-state index contributed by atoms with van der Waals surface area (Å²) in [5.74, 6) is -1.70. The summed E-state index contributed by atoms with van der Waals surface area (Å²) in [5.41, 5.74) is -2.09. The standard InChI is InChI=1S/C13H13F4N3O/c14-7-1-2-8(19-11(7)13(15,16)17)12(21)20-10-4-6-3-9(10)18-5-6/h1-2,6,9-10,18H,3-5H2,(H,20,21). The zero-order valence-corrected chi connectivity index (χ0v) is 10.9. The SMILES string of the molecule is O=C(NC1CC2CNC1C2)c1ccc(F)c(C(F)(F)F)n1. The molecule has 1 saturated heterocycles. The minimum absolute atomic E-state index is 0.113. The molecule has 1 aliphatic heterocycles. The van der Waals surface area contributed by atoms with E-state index in [9.17, 15) is 22.4 Å². The summed E-state index contributed by atoms with van der Waals surface area (Å²) < 4.78 is 50.9. The van der Waals surface area contributed by atoms with Crippen LogP contribution in [0.3, 0.4) is 0 Å². The first-order chi connectivity index (χ1) is 9.84. The summed E-state index contributed by atoms with van der Waals surface area (Å²) in [6.45, 7) is 0.907. The third-order valence-corrected chi connectivity index (χ3v) is 3.99. The maximum absolute atomic E-state index is 13.1. The molecular weight excluding hydrogens is 290 g/mol. The molecule has 1 aromatic rings. The molecule has 1 aromatic heterocycles. The Balaban J connectivity index is 1.76. The van der Waals surface area contributed by atoms with Crippen molar-refractivity contribution in [1.82, 2.24) is 15.6 Å². The molecule has 2 N–H and O–H groups in total. The first kappa shape index (κ1) is 14.2. The van der Waals surface area contributed by atoms with E-state index in [2.05, 4.69) is 15.6 Å². The largest absolute Gasteiger partial charge is 0.436 e. The molecular formula is C13H13F4N3O. The number of carbonyl (C=O) groups excluding carboxylic acids is 1. The maximum atomic E-state index is 13.1. The molecule has 21 heavy (non-hydrogen) atoms. The van der Waals surface area contributed by atoms with Crippen LogP contribution >= 0.6 is 0 Å². The fourth-order valence-electron chi connectivity index (χ4n) is 3.02. The fraction of sp³-hybridized carbons (Fsp3) is 0.538. The number of aromatic nitrogens is 1. The molecule has 3 rings (SSSR count). The van der Waals surface area contributed by atoms with Crippen molar-refractivity contribution in [2.24, 2.45) is 5.92 Å². The number of carbonyl (C=O) groups is 1. The Bertz CT molecular complexity index is 575. The van der Waals surface area contributed by atoms with E-state index in [0.29, 0.717) is 12.0 Å². The molecule has 2 aliphatic rings. The first-order valence-electron chi connectivity index (χ1n) is 6.62. The molecule has 0 spiro atoms. The average molecular weight is 303 g/mol. The highest BCUT2D eigenvalue weighted by molar-refractivity contribution is 5.92. The van der Waals surface area contributed by atoms with E-state index >= 15 is 0 Å². The molecule has 2 fully saturated rings. The van der Waals surface area contributed by atoms with E-state index in [1.54, 1.807) is 0 Å². The van der Waals surface area contributed by atoms with E-state index in [0.717, 1.165) is 25.5 Å². The zero-order valence-electron chi connectivity index (χ0n) is 10.9. The molecule has 2 bridgehead atoms. The minimum atomic E-state index is -4.92. The number of piperidine rings is 1. The van der Waals surface area contributed by atoms with Crippen molar-refractivity contribution in [1.29, 1.82) is 0 Å². The second-order valence-corrected chi connectivity index (χ2v) is 5.46. The van der Waals surface area contributed by atoms with Gasteiger partial charge in [-0.1, -0.05) is 0 Å². The zero-order chi connectivity index (χ0) is 15.2. The van der Waals surface area contributed by atoms with Gasteiger partial charge in [-0.25, -0.2) is 9.37 Å². The number of hydrogen-bond donors (Lipinski definition) is 2. The lowest BCUT2D eigenvalue weighted by Crippen LogP contribution is -2.48. The van der Waals surface area contributed by atoms with Gasteiger partial charge in [-0.15, -0.1) is 0 Å². The van der Waals surface area contributed by atoms with Crippen molar-refractivity contribution >= 4 is 5.91 Å². The lowest BCUT2D eigenvalue weighted by molar-refractivity contribution is -0.143. The Morgan fingerprint density at radius 3 is 2.67 bits per heavy atom. The molecule has 8 heteroatoms. The minimum Gasteiger partial charge on any atom is -0.346 e. The van der Waals surface area contributed by atoms with Gasteiger partial charge in [0.2, 0.25) is 0 Å². The van der Waals surface area contributed by atoms with E-state index in [4.69, 9.17) is 0 Å². The van der Waals surface area contributed by atoms with Crippen LogP contribution in [0.5, 0.6) is 0 Å². The number of fused-ring (bicyclic) bond motifs is 2. The number of nitrogens with zero attached hydrogens (tertiary/aromatic N) is 1. The third kappa shape index (κ3) is 2.72. The molecule has 1 saturated carbocycles. The van der Waals surface area contributed by atoms with Crippen LogP contribution in [0.1, 0.15) is 29.0 Å². The van der Waals surface area contributed by atoms with Crippen molar-refractivity contribution in [3.05, 3.63) is 29.3 Å². The predicted molar refractivity (Wildman–Crippen MR) is 65.0 cm³/mol. The lowest BCUT2D eigenvalue weighted by atomic mass is 10.1. The molecule has 3 unspecified atom stereocenters. The van der Waals surface area contributed by atoms with Crippen LogP contribution in [0, 0.1) is 11.7 Å². The van der Waals surface area contributed by atoms with Gasteiger partial charge >= 0.3 is 6.18 Å². The summed E-state index contributed by atoms with van der Waals surface area (Å²) in [5, 5.41) is 5.90. The number of alkyl halides is 3. The smallest absolute Gasteiger partial charge is 0.346 e. The monoisotopic (exact) mass is 303 g/mol. The number of rotatable bonds is 2. The van der Waals surface area contributed by atoms with Gasteiger partial charge in [-0.3, -0.25) is 4.79 Å². The van der Waals surface area contributed by atoms with E-state index in [-0.39, 0.29) is 12.1 Å². The highest BCUT2D eigenvalue weighted by atomic mass is 19.4. The summed E-state index contributed by atoms with van der Waals surface area (Å²) in [6, 6.07) is 1.61. The van der Waals surface area contributed by atoms with Crippen molar-refractivity contribution < 1.29 is 22.4 Å². The number of pyridine rings is 1. The van der Waals surface area contributed by atoms with Crippen LogP contribution in [-0.4, -0.2) is 29.5 Å². The van der Waals surface area contributed by atoms with Crippen LogP contribution in [0.4, 0.5) is 17.6 Å². The molecule has 3 atom stereocenters. The second-order valence-electron chi connectivity index (χ2n) is 5.46. The topological polar surface area (TPSA) is 54.0 Å². The van der Waals surface area contributed by atoms with Gasteiger partial charge in [-0.05, 0) is 37.4 Å². The van der Waals surface area contributed by atoms with Gasteiger partial charge in [0.15, 0.2) is 11.5 Å². The van der Waals surface area contributed by atoms with Crippen molar-refractivity contribution in [3.8, 4) is 0 Å². The van der Waals surface area contributed by atoms with Gasteiger partial charge in [0.05, 0.1) is 0 Å². The van der Waals surface area contributed by atoms with Crippen LogP contribution in [0.2, 0.25) is 0 Å². The van der Waals surface area contributed by atoms with Gasteiger partial charge in [0, 0.05) is 12.1 Å². The molecule has 0 aromatic carbocycles. The van der Waals surface area contributed by atoms with Crippen LogP contribution < -0.4 is 10.6 Å². The number of amides is 1. The third-order valence-electron chi connectivity index (χ3n) is 3.99. The Kier molecular flexibility index (Phi) is 3.35. The molecule has 2 heterocycles. The Morgan fingerprint density at radius 1 is 1.33 bits per heavy atom. The van der Waals surface area contributed by atoms with Gasteiger partial charge in [0.25, 0.3) is 5.91 Å². The lowest BCUT2D eigenvalue weighted by Gasteiger charge is -2.23. The summed E-state index contributed by atoms with van der Waals surface area (Å²) in [6.07, 6.45) is -3.17. The normalized spacial score (nSPS) is 27.9. The molecule has 114 valence electrons. The van der Waals surface area contributed by atoms with Crippen molar-refractivity contribution in [3.63, 3.8) is 0 Å². The van der Waals surface area contributed by atoms with Crippen molar-refractivity contribution in [2.45, 2.75) is 31.1 Å². The highest BCUT2D eigenvalue weighted by Gasteiger charge is 2.41. The molecule has 1 aliphatic carbocycles. The molecule has 1 amide bonds. The summed E-state index contributed by atoms with van der Waals surface area (Å²) in [7, 11) is 0. The average Bonchev–Trinajstić information content (AvgIpc) is 3.00. The van der Waals surface area contributed by atoms with E-state index in [1.165, 1.54) is 0 Å². The molecule has 0 radical (unpaired) electrons. The summed E-state index contributed by atoms with van der Waals surface area (Å²) >= 11 is 0. The molecule has 4 nitrogen and oxygen atoms in total. The first-order valence-corrected chi connectivity index (χ1v) is 6.62.